The van der Waals surface area contributed by atoms with Crippen molar-refractivity contribution in [1.29, 1.82) is 0 Å². The molecule has 3 heterocycles. The number of nitrogens with zero attached hydrogens (tertiary/aromatic N) is 3. The summed E-state index contributed by atoms with van der Waals surface area (Å²) in [5.41, 5.74) is 0.307. The first-order chi connectivity index (χ1) is 10.6. The number of aromatic nitrogens is 1. The third-order valence-corrected chi connectivity index (χ3v) is 5.00. The second-order valence-electron chi connectivity index (χ2n) is 6.48. The first-order valence-electron chi connectivity index (χ1n) is 7.85. The van der Waals surface area contributed by atoms with Crippen LogP contribution in [0.1, 0.15) is 36.0 Å². The summed E-state index contributed by atoms with van der Waals surface area (Å²) in [6.07, 6.45) is 4.94. The Hall–Kier alpha value is -1.98. The fraction of sp³-hybridized carbons (Fsp3) is 0.562. The number of pyridine rings is 1. The maximum atomic E-state index is 13.2. The van der Waals surface area contributed by atoms with Crippen LogP contribution in [0, 0.1) is 11.9 Å². The fourth-order valence-electron chi connectivity index (χ4n) is 3.70. The topological polar surface area (TPSA) is 53.5 Å². The van der Waals surface area contributed by atoms with Crippen molar-refractivity contribution in [3.8, 4) is 0 Å². The number of hydrogen-bond donors (Lipinski definition) is 0. The molecule has 0 spiro atoms. The number of rotatable bonds is 3. The van der Waals surface area contributed by atoms with Gasteiger partial charge in [-0.2, -0.15) is 4.39 Å². The molecule has 5 nitrogen and oxygen atoms in total. The molecule has 3 fully saturated rings. The zero-order valence-corrected chi connectivity index (χ0v) is 12.2. The Morgan fingerprint density at radius 3 is 2.86 bits per heavy atom. The Balaban J connectivity index is 1.52. The van der Waals surface area contributed by atoms with Crippen molar-refractivity contribution in [2.45, 2.75) is 37.8 Å². The maximum Gasteiger partial charge on any atom is 0.254 e. The Morgan fingerprint density at radius 2 is 2.14 bits per heavy atom. The summed E-state index contributed by atoms with van der Waals surface area (Å²) in [4.78, 5) is 32.0. The Labute approximate surface area is 128 Å². The van der Waals surface area contributed by atoms with Crippen LogP contribution >= 0.6 is 0 Å². The van der Waals surface area contributed by atoms with E-state index in [1.54, 1.807) is 4.90 Å². The minimum Gasteiger partial charge on any atom is -0.337 e. The predicted octanol–water partition coefficient (Wildman–Crippen LogP) is 1.45. The van der Waals surface area contributed by atoms with Crippen LogP contribution in [0.2, 0.25) is 0 Å². The molecule has 2 atom stereocenters. The first-order valence-corrected chi connectivity index (χ1v) is 7.85. The van der Waals surface area contributed by atoms with Crippen LogP contribution in [-0.4, -0.2) is 51.8 Å². The Kier molecular flexibility index (Phi) is 3.13. The van der Waals surface area contributed by atoms with Crippen LogP contribution in [0.5, 0.6) is 0 Å². The van der Waals surface area contributed by atoms with Gasteiger partial charge in [0.25, 0.3) is 5.91 Å². The number of fused-ring (bicyclic) bond motifs is 1. The molecular weight excluding hydrogens is 285 g/mol. The van der Waals surface area contributed by atoms with Gasteiger partial charge < -0.3 is 9.80 Å². The molecular formula is C16H18FN3O2. The lowest BCUT2D eigenvalue weighted by atomic mass is 10.1. The van der Waals surface area contributed by atoms with Crippen molar-refractivity contribution in [3.63, 3.8) is 0 Å². The van der Waals surface area contributed by atoms with Crippen LogP contribution in [0.3, 0.4) is 0 Å². The summed E-state index contributed by atoms with van der Waals surface area (Å²) in [5.74, 6) is -0.0450. The summed E-state index contributed by atoms with van der Waals surface area (Å²) in [6.45, 7) is 1.47. The molecule has 1 aromatic rings. The van der Waals surface area contributed by atoms with E-state index in [2.05, 4.69) is 4.98 Å². The Bertz CT molecular complexity index is 632. The summed E-state index contributed by atoms with van der Waals surface area (Å²) < 4.78 is 13.2. The van der Waals surface area contributed by atoms with Gasteiger partial charge in [0.1, 0.15) is 0 Å². The van der Waals surface area contributed by atoms with Crippen molar-refractivity contribution in [1.82, 2.24) is 14.8 Å². The molecule has 2 aliphatic heterocycles. The van der Waals surface area contributed by atoms with Gasteiger partial charge in [-0.15, -0.1) is 0 Å². The zero-order chi connectivity index (χ0) is 15.3. The quantitative estimate of drug-likeness (QED) is 0.794. The molecule has 1 aliphatic carbocycles. The predicted molar refractivity (Wildman–Crippen MR) is 76.5 cm³/mol. The second-order valence-corrected chi connectivity index (χ2v) is 6.48. The smallest absolute Gasteiger partial charge is 0.254 e. The molecule has 6 heteroatoms. The lowest BCUT2D eigenvalue weighted by Crippen LogP contribution is -2.40. The van der Waals surface area contributed by atoms with Crippen LogP contribution in [-0.2, 0) is 4.79 Å². The monoisotopic (exact) mass is 303 g/mol. The fourth-order valence-corrected chi connectivity index (χ4v) is 3.70. The number of carbonyl (C=O) groups excluding carboxylic acids is 2. The van der Waals surface area contributed by atoms with Gasteiger partial charge in [-0.25, -0.2) is 4.98 Å². The van der Waals surface area contributed by atoms with Gasteiger partial charge in [-0.1, -0.05) is 0 Å². The molecule has 116 valence electrons. The van der Waals surface area contributed by atoms with E-state index in [1.165, 1.54) is 25.1 Å². The summed E-state index contributed by atoms with van der Waals surface area (Å²) >= 11 is 0. The summed E-state index contributed by atoms with van der Waals surface area (Å²) in [5, 5.41) is 0. The largest absolute Gasteiger partial charge is 0.337 e. The maximum absolute atomic E-state index is 13.2. The number of amides is 2. The SMILES string of the molecule is O=C1C[C@H]2[C@H](CCN2C(=O)c2ccnc(F)c2)N1CC1CC1. The standard InChI is InChI=1S/C16H18FN3O2/c17-14-7-11(3-5-18-14)16(22)19-6-4-12-13(19)8-15(21)20(12)9-10-1-2-10/h3,5,7,10,12-13H,1-2,4,6,8-9H2/t12-,13-/m0/s1. The van der Waals surface area contributed by atoms with E-state index >= 15 is 0 Å². The van der Waals surface area contributed by atoms with Gasteiger partial charge in [0.15, 0.2) is 0 Å². The normalized spacial score (nSPS) is 27.4. The number of halogens is 1. The molecule has 0 aromatic carbocycles. The highest BCUT2D eigenvalue weighted by molar-refractivity contribution is 5.95. The minimum atomic E-state index is -0.653. The molecule has 2 amide bonds. The van der Waals surface area contributed by atoms with Gasteiger partial charge in [-0.05, 0) is 31.2 Å². The third kappa shape index (κ3) is 2.26. The van der Waals surface area contributed by atoms with Crippen LogP contribution < -0.4 is 0 Å². The van der Waals surface area contributed by atoms with Crippen molar-refractivity contribution in [2.75, 3.05) is 13.1 Å². The molecule has 0 unspecified atom stereocenters. The number of carbonyl (C=O) groups is 2. The van der Waals surface area contributed by atoms with Gasteiger partial charge in [0.05, 0.1) is 12.1 Å². The van der Waals surface area contributed by atoms with Crippen molar-refractivity contribution < 1.29 is 14.0 Å². The highest BCUT2D eigenvalue weighted by atomic mass is 19.1. The van der Waals surface area contributed by atoms with Crippen LogP contribution in [0.15, 0.2) is 18.3 Å². The molecule has 2 saturated heterocycles. The summed E-state index contributed by atoms with van der Waals surface area (Å²) in [7, 11) is 0. The average molecular weight is 303 g/mol. The number of hydrogen-bond acceptors (Lipinski definition) is 3. The molecule has 3 aliphatic rings. The van der Waals surface area contributed by atoms with E-state index in [9.17, 15) is 14.0 Å². The average Bonchev–Trinajstić information content (AvgIpc) is 3.16. The van der Waals surface area contributed by atoms with Crippen molar-refractivity contribution in [3.05, 3.63) is 29.8 Å². The van der Waals surface area contributed by atoms with Gasteiger partial charge in [0, 0.05) is 37.3 Å². The molecule has 0 N–H and O–H groups in total. The van der Waals surface area contributed by atoms with Gasteiger partial charge in [-0.3, -0.25) is 9.59 Å². The van der Waals surface area contributed by atoms with E-state index in [0.29, 0.717) is 24.4 Å². The second kappa shape index (κ2) is 5.04. The molecule has 0 radical (unpaired) electrons. The van der Waals surface area contributed by atoms with Crippen LogP contribution in [0.4, 0.5) is 4.39 Å². The van der Waals surface area contributed by atoms with Crippen LogP contribution in [0.25, 0.3) is 0 Å². The molecule has 22 heavy (non-hydrogen) atoms. The van der Waals surface area contributed by atoms with Gasteiger partial charge >= 0.3 is 0 Å². The molecule has 0 bridgehead atoms. The van der Waals surface area contributed by atoms with E-state index in [4.69, 9.17) is 0 Å². The highest BCUT2D eigenvalue weighted by Crippen LogP contribution is 2.37. The third-order valence-electron chi connectivity index (χ3n) is 5.00. The zero-order valence-electron chi connectivity index (χ0n) is 12.2. The highest BCUT2D eigenvalue weighted by Gasteiger charge is 2.49. The lowest BCUT2D eigenvalue weighted by Gasteiger charge is -2.25. The van der Waals surface area contributed by atoms with E-state index in [-0.39, 0.29) is 23.9 Å². The van der Waals surface area contributed by atoms with E-state index < -0.39 is 5.95 Å². The van der Waals surface area contributed by atoms with Crippen molar-refractivity contribution >= 4 is 11.8 Å². The first kappa shape index (κ1) is 13.7. The minimum absolute atomic E-state index is 0.0602. The molecule has 4 rings (SSSR count). The van der Waals surface area contributed by atoms with E-state index in [1.807, 2.05) is 4.90 Å². The summed E-state index contributed by atoms with van der Waals surface area (Å²) in [6, 6.07) is 2.77. The molecule has 1 saturated carbocycles. The van der Waals surface area contributed by atoms with E-state index in [0.717, 1.165) is 19.0 Å². The molecule has 1 aromatic heterocycles. The van der Waals surface area contributed by atoms with Gasteiger partial charge in [0.2, 0.25) is 11.9 Å². The lowest BCUT2D eigenvalue weighted by molar-refractivity contribution is -0.129. The van der Waals surface area contributed by atoms with Crippen molar-refractivity contribution in [2.24, 2.45) is 5.92 Å². The number of likely N-dealkylation sites (tertiary alicyclic amines) is 2. The Morgan fingerprint density at radius 1 is 1.32 bits per heavy atom.